The number of carbonyl (C=O) groups excluding carboxylic acids is 2. The molecule has 2 aromatic carbocycles. The Balaban J connectivity index is 1.49. The quantitative estimate of drug-likeness (QED) is 0.757. The molecule has 0 saturated heterocycles. The Morgan fingerprint density at radius 1 is 0.708 bits per heavy atom. The van der Waals surface area contributed by atoms with E-state index in [1.165, 1.54) is 0 Å². The molecular formula is C18H14O4S2. The van der Waals surface area contributed by atoms with Crippen molar-refractivity contribution in [1.82, 2.24) is 0 Å². The molecule has 0 atom stereocenters. The Bertz CT molecular complexity index is 762. The Hall–Kier alpha value is -1.92. The maximum absolute atomic E-state index is 11.8. The highest BCUT2D eigenvalue weighted by molar-refractivity contribution is 8.76. The summed E-state index contributed by atoms with van der Waals surface area (Å²) in [6.45, 7) is 0.895. The Labute approximate surface area is 147 Å². The molecule has 0 unspecified atom stereocenters. The zero-order valence-electron chi connectivity index (χ0n) is 12.7. The van der Waals surface area contributed by atoms with E-state index in [9.17, 15) is 9.59 Å². The summed E-state index contributed by atoms with van der Waals surface area (Å²) in [5.41, 5.74) is 1.33. The van der Waals surface area contributed by atoms with Gasteiger partial charge in [0.05, 0.1) is 24.3 Å². The first-order valence-electron chi connectivity index (χ1n) is 7.65. The van der Waals surface area contributed by atoms with Crippen LogP contribution in [0.2, 0.25) is 0 Å². The molecule has 0 radical (unpaired) electrons. The number of Topliss-reactive ketones (excluding diaryl/α,β-unsaturated/α-hetero) is 2. The molecule has 0 fully saturated rings. The Morgan fingerprint density at radius 3 is 1.62 bits per heavy atom. The number of rotatable bonds is 3. The van der Waals surface area contributed by atoms with Crippen molar-refractivity contribution in [3.63, 3.8) is 0 Å². The monoisotopic (exact) mass is 358 g/mol. The zero-order chi connectivity index (χ0) is 16.5. The van der Waals surface area contributed by atoms with E-state index in [1.807, 2.05) is 36.4 Å². The van der Waals surface area contributed by atoms with Crippen LogP contribution >= 0.6 is 21.6 Å². The van der Waals surface area contributed by atoms with E-state index in [4.69, 9.17) is 9.47 Å². The van der Waals surface area contributed by atoms with Gasteiger partial charge in [-0.25, -0.2) is 0 Å². The van der Waals surface area contributed by atoms with Gasteiger partial charge >= 0.3 is 0 Å². The molecule has 6 heteroatoms. The van der Waals surface area contributed by atoms with Crippen LogP contribution in [0.15, 0.2) is 46.2 Å². The van der Waals surface area contributed by atoms with Gasteiger partial charge in [0.1, 0.15) is 11.5 Å². The van der Waals surface area contributed by atoms with Crippen LogP contribution in [0.4, 0.5) is 0 Å². The number of ketones is 2. The fraction of sp³-hybridized carbons (Fsp3) is 0.222. The van der Waals surface area contributed by atoms with Crippen LogP contribution in [0.5, 0.6) is 11.5 Å². The predicted octanol–water partition coefficient (Wildman–Crippen LogP) is 4.42. The molecule has 2 aliphatic heterocycles. The minimum absolute atomic E-state index is 0.136. The van der Waals surface area contributed by atoms with E-state index < -0.39 is 0 Å². The number of hydrogen-bond acceptors (Lipinski definition) is 6. The van der Waals surface area contributed by atoms with Crippen LogP contribution < -0.4 is 9.47 Å². The lowest BCUT2D eigenvalue weighted by Gasteiger charge is -2.17. The number of carbonyl (C=O) groups is 2. The number of ether oxygens (including phenoxy) is 2. The van der Waals surface area contributed by atoms with E-state index in [-0.39, 0.29) is 11.6 Å². The van der Waals surface area contributed by atoms with Gasteiger partial charge in [-0.2, -0.15) is 0 Å². The van der Waals surface area contributed by atoms with Crippen LogP contribution in [0.3, 0.4) is 0 Å². The summed E-state index contributed by atoms with van der Waals surface area (Å²) in [4.78, 5) is 25.6. The van der Waals surface area contributed by atoms with Crippen LogP contribution in [-0.2, 0) is 0 Å². The maximum Gasteiger partial charge on any atom is 0.169 e. The first-order chi connectivity index (χ1) is 11.7. The van der Waals surface area contributed by atoms with E-state index in [0.29, 0.717) is 48.7 Å². The number of benzene rings is 2. The minimum atomic E-state index is 0.136. The summed E-state index contributed by atoms with van der Waals surface area (Å²) >= 11 is 0. The van der Waals surface area contributed by atoms with Crippen molar-refractivity contribution in [2.45, 2.75) is 22.6 Å². The molecule has 0 spiro atoms. The normalized spacial score (nSPS) is 16.0. The summed E-state index contributed by atoms with van der Waals surface area (Å²) in [6.07, 6.45) is 0.893. The third kappa shape index (κ3) is 3.03. The lowest BCUT2D eigenvalue weighted by Crippen LogP contribution is -2.15. The van der Waals surface area contributed by atoms with Gasteiger partial charge in [-0.3, -0.25) is 9.59 Å². The molecule has 0 saturated carbocycles. The molecule has 0 N–H and O–H groups in total. The van der Waals surface area contributed by atoms with Gasteiger partial charge in [-0.1, -0.05) is 21.6 Å². The van der Waals surface area contributed by atoms with E-state index in [2.05, 4.69) is 0 Å². The minimum Gasteiger partial charge on any atom is -0.492 e. The molecular weight excluding hydrogens is 344 g/mol. The smallest absolute Gasteiger partial charge is 0.169 e. The van der Waals surface area contributed by atoms with Crippen molar-refractivity contribution in [3.05, 3.63) is 47.5 Å². The van der Waals surface area contributed by atoms with Crippen molar-refractivity contribution in [2.24, 2.45) is 0 Å². The van der Waals surface area contributed by atoms with Crippen molar-refractivity contribution in [2.75, 3.05) is 13.2 Å². The average molecular weight is 358 g/mol. The van der Waals surface area contributed by atoms with Crippen molar-refractivity contribution < 1.29 is 19.1 Å². The van der Waals surface area contributed by atoms with Gasteiger partial charge in [0, 0.05) is 22.6 Å². The molecule has 0 aromatic heterocycles. The fourth-order valence-electron chi connectivity index (χ4n) is 2.68. The van der Waals surface area contributed by atoms with Crippen LogP contribution in [0.25, 0.3) is 0 Å². The Kier molecular flexibility index (Phi) is 4.24. The molecule has 0 bridgehead atoms. The third-order valence-corrected chi connectivity index (χ3v) is 6.30. The standard InChI is InChI=1S/C18H14O4S2/c19-15-5-7-21-17-9-11(1-3-13(15)17)23-24-12-2-4-14-16(20)6-8-22-18(14)10-12/h1-4,9-10H,5-8H2. The van der Waals surface area contributed by atoms with Gasteiger partial charge in [-0.05, 0) is 36.4 Å². The molecule has 24 heavy (non-hydrogen) atoms. The Morgan fingerprint density at radius 2 is 1.17 bits per heavy atom. The van der Waals surface area contributed by atoms with E-state index in [0.717, 1.165) is 9.79 Å². The fourth-order valence-corrected chi connectivity index (χ4v) is 4.63. The zero-order valence-corrected chi connectivity index (χ0v) is 14.4. The molecule has 2 heterocycles. The molecule has 0 aliphatic carbocycles. The third-order valence-electron chi connectivity index (χ3n) is 3.91. The summed E-state index contributed by atoms with van der Waals surface area (Å²) in [5, 5.41) is 0. The van der Waals surface area contributed by atoms with Crippen molar-refractivity contribution in [3.8, 4) is 11.5 Å². The van der Waals surface area contributed by atoms with Crippen LogP contribution in [0, 0.1) is 0 Å². The highest BCUT2D eigenvalue weighted by Crippen LogP contribution is 2.41. The predicted molar refractivity (Wildman–Crippen MR) is 93.5 cm³/mol. The van der Waals surface area contributed by atoms with Crippen LogP contribution in [0.1, 0.15) is 33.6 Å². The molecule has 4 rings (SSSR count). The second kappa shape index (κ2) is 6.53. The highest BCUT2D eigenvalue weighted by atomic mass is 33.1. The second-order valence-electron chi connectivity index (χ2n) is 5.53. The molecule has 2 aliphatic rings. The van der Waals surface area contributed by atoms with Gasteiger partial charge in [0.2, 0.25) is 0 Å². The summed E-state index contributed by atoms with van der Waals surface area (Å²) in [7, 11) is 3.17. The highest BCUT2D eigenvalue weighted by Gasteiger charge is 2.20. The molecule has 4 nitrogen and oxygen atoms in total. The van der Waals surface area contributed by atoms with E-state index in [1.54, 1.807) is 21.6 Å². The largest absolute Gasteiger partial charge is 0.492 e. The lowest BCUT2D eigenvalue weighted by molar-refractivity contribution is 0.0924. The average Bonchev–Trinajstić information content (AvgIpc) is 2.60. The maximum atomic E-state index is 11.8. The summed E-state index contributed by atoms with van der Waals surface area (Å²) < 4.78 is 11.1. The van der Waals surface area contributed by atoms with Gasteiger partial charge in [0.15, 0.2) is 11.6 Å². The van der Waals surface area contributed by atoms with Gasteiger partial charge in [0.25, 0.3) is 0 Å². The van der Waals surface area contributed by atoms with Gasteiger partial charge in [-0.15, -0.1) is 0 Å². The SMILES string of the molecule is O=C1CCOc2cc(SSc3ccc4c(c3)OCCC4=O)ccc21. The summed E-state index contributed by atoms with van der Waals surface area (Å²) in [6, 6.07) is 11.3. The number of fused-ring (bicyclic) bond motifs is 2. The molecule has 122 valence electrons. The van der Waals surface area contributed by atoms with Crippen molar-refractivity contribution >= 4 is 33.2 Å². The van der Waals surface area contributed by atoms with Gasteiger partial charge < -0.3 is 9.47 Å². The molecule has 2 aromatic rings. The lowest BCUT2D eigenvalue weighted by atomic mass is 10.1. The first kappa shape index (κ1) is 15.6. The topological polar surface area (TPSA) is 52.6 Å². The second-order valence-corrected chi connectivity index (χ2v) is 7.80. The summed E-state index contributed by atoms with van der Waals surface area (Å²) in [5.74, 6) is 1.60. The molecule has 0 amide bonds. The van der Waals surface area contributed by atoms with Crippen molar-refractivity contribution in [1.29, 1.82) is 0 Å². The van der Waals surface area contributed by atoms with E-state index >= 15 is 0 Å². The first-order valence-corrected chi connectivity index (χ1v) is 9.80. The van der Waals surface area contributed by atoms with Crippen LogP contribution in [-0.4, -0.2) is 24.8 Å². The number of hydrogen-bond donors (Lipinski definition) is 0.